The Morgan fingerprint density at radius 3 is 2.57 bits per heavy atom. The highest BCUT2D eigenvalue weighted by Crippen LogP contribution is 2.34. The van der Waals surface area contributed by atoms with Crippen LogP contribution in [-0.4, -0.2) is 17.5 Å². The number of carbonyl (C=O) groups excluding carboxylic acids is 1. The van der Waals surface area contributed by atoms with Crippen LogP contribution in [0.2, 0.25) is 0 Å². The summed E-state index contributed by atoms with van der Waals surface area (Å²) in [4.78, 5) is 14.3. The third-order valence-electron chi connectivity index (χ3n) is 3.98. The second-order valence-electron chi connectivity index (χ2n) is 5.39. The fourth-order valence-corrected chi connectivity index (χ4v) is 2.92. The number of amides is 1. The minimum absolute atomic E-state index is 0.127. The summed E-state index contributed by atoms with van der Waals surface area (Å²) < 4.78 is 5.48. The molecule has 1 fully saturated rings. The van der Waals surface area contributed by atoms with E-state index in [1.165, 1.54) is 11.1 Å². The number of hydrogen-bond acceptors (Lipinski definition) is 2. The molecule has 3 rings (SSSR count). The first kappa shape index (κ1) is 13.7. The molecule has 1 atom stereocenters. The molecule has 3 nitrogen and oxygen atoms in total. The lowest BCUT2D eigenvalue weighted by Crippen LogP contribution is -2.33. The first-order valence-electron chi connectivity index (χ1n) is 7.35. The Morgan fingerprint density at radius 2 is 1.81 bits per heavy atom. The van der Waals surface area contributed by atoms with Crippen molar-refractivity contribution in [3.05, 3.63) is 65.7 Å². The van der Waals surface area contributed by atoms with E-state index in [0.717, 1.165) is 19.4 Å². The molecule has 3 heteroatoms. The Hall–Kier alpha value is -2.29. The molecule has 1 heterocycles. The molecule has 0 saturated carbocycles. The standard InChI is InChI=1S/C18H19NO2/c1-14-8-5-6-11-16(14)17-12-7-13-19(17)18(20)21-15-9-3-2-4-10-15/h2-6,8-11,17H,7,12-13H2,1H3. The summed E-state index contributed by atoms with van der Waals surface area (Å²) in [5.41, 5.74) is 2.45. The predicted octanol–water partition coefficient (Wildman–Crippen LogP) is 4.33. The third kappa shape index (κ3) is 2.92. The normalized spacial score (nSPS) is 17.8. The number of ether oxygens (including phenoxy) is 1. The molecule has 21 heavy (non-hydrogen) atoms. The molecule has 1 aliphatic heterocycles. The lowest BCUT2D eigenvalue weighted by Gasteiger charge is -2.25. The van der Waals surface area contributed by atoms with Gasteiger partial charge in [0.05, 0.1) is 6.04 Å². The number of nitrogens with zero attached hydrogens (tertiary/aromatic N) is 1. The number of carbonyl (C=O) groups is 1. The average Bonchev–Trinajstić information content (AvgIpc) is 2.98. The second kappa shape index (κ2) is 6.00. The van der Waals surface area contributed by atoms with Gasteiger partial charge in [-0.2, -0.15) is 0 Å². The molecule has 0 N–H and O–H groups in total. The average molecular weight is 281 g/mol. The molecule has 0 aromatic heterocycles. The van der Waals surface area contributed by atoms with Crippen molar-refractivity contribution >= 4 is 6.09 Å². The van der Waals surface area contributed by atoms with Crippen LogP contribution >= 0.6 is 0 Å². The van der Waals surface area contributed by atoms with E-state index >= 15 is 0 Å². The van der Waals surface area contributed by atoms with Gasteiger partial charge in [0.25, 0.3) is 0 Å². The maximum absolute atomic E-state index is 12.4. The Bertz CT molecular complexity index is 624. The van der Waals surface area contributed by atoms with E-state index in [4.69, 9.17) is 4.74 Å². The zero-order valence-corrected chi connectivity index (χ0v) is 12.2. The summed E-state index contributed by atoms with van der Waals surface area (Å²) in [6.45, 7) is 2.85. The molecule has 0 spiro atoms. The fraction of sp³-hybridized carbons (Fsp3) is 0.278. The van der Waals surface area contributed by atoms with Crippen molar-refractivity contribution in [3.8, 4) is 5.75 Å². The van der Waals surface area contributed by atoms with E-state index in [0.29, 0.717) is 5.75 Å². The van der Waals surface area contributed by atoms with Gasteiger partial charge >= 0.3 is 6.09 Å². The number of para-hydroxylation sites is 1. The Labute approximate surface area is 125 Å². The lowest BCUT2D eigenvalue weighted by atomic mass is 10.00. The summed E-state index contributed by atoms with van der Waals surface area (Å²) in [6.07, 6.45) is 1.75. The van der Waals surface area contributed by atoms with Gasteiger partial charge in [-0.15, -0.1) is 0 Å². The maximum Gasteiger partial charge on any atom is 0.415 e. The van der Waals surface area contributed by atoms with Gasteiger partial charge in [0, 0.05) is 6.54 Å². The van der Waals surface area contributed by atoms with Crippen LogP contribution in [0.5, 0.6) is 5.75 Å². The van der Waals surface area contributed by atoms with Crippen molar-refractivity contribution < 1.29 is 9.53 Å². The van der Waals surface area contributed by atoms with E-state index in [1.54, 1.807) is 12.1 Å². The molecule has 0 bridgehead atoms. The van der Waals surface area contributed by atoms with Crippen LogP contribution in [-0.2, 0) is 0 Å². The van der Waals surface area contributed by atoms with Crippen molar-refractivity contribution in [2.75, 3.05) is 6.54 Å². The van der Waals surface area contributed by atoms with E-state index in [2.05, 4.69) is 19.1 Å². The molecule has 108 valence electrons. The van der Waals surface area contributed by atoms with Crippen LogP contribution in [0.4, 0.5) is 4.79 Å². The van der Waals surface area contributed by atoms with E-state index in [9.17, 15) is 4.79 Å². The van der Waals surface area contributed by atoms with Crippen LogP contribution in [0.25, 0.3) is 0 Å². The van der Waals surface area contributed by atoms with Gasteiger partial charge < -0.3 is 9.64 Å². The van der Waals surface area contributed by atoms with Crippen molar-refractivity contribution in [1.82, 2.24) is 4.90 Å². The number of likely N-dealkylation sites (tertiary alicyclic amines) is 1. The van der Waals surface area contributed by atoms with Gasteiger partial charge in [0.2, 0.25) is 0 Å². The Morgan fingerprint density at radius 1 is 1.10 bits per heavy atom. The third-order valence-corrected chi connectivity index (χ3v) is 3.98. The van der Waals surface area contributed by atoms with Gasteiger partial charge in [-0.25, -0.2) is 4.79 Å². The number of aryl methyl sites for hydroxylation is 1. The molecule has 2 aromatic rings. The smallest absolute Gasteiger partial charge is 0.410 e. The van der Waals surface area contributed by atoms with Gasteiger partial charge in [-0.05, 0) is 43.0 Å². The number of benzene rings is 2. The van der Waals surface area contributed by atoms with Crippen LogP contribution in [0.1, 0.15) is 30.0 Å². The fourth-order valence-electron chi connectivity index (χ4n) is 2.92. The van der Waals surface area contributed by atoms with E-state index in [1.807, 2.05) is 35.2 Å². The predicted molar refractivity (Wildman–Crippen MR) is 82.3 cm³/mol. The molecular weight excluding hydrogens is 262 g/mol. The van der Waals surface area contributed by atoms with Gasteiger partial charge in [0.1, 0.15) is 5.75 Å². The molecule has 1 amide bonds. The van der Waals surface area contributed by atoms with Gasteiger partial charge in [-0.3, -0.25) is 0 Å². The van der Waals surface area contributed by atoms with Crippen molar-refractivity contribution in [1.29, 1.82) is 0 Å². The number of hydrogen-bond donors (Lipinski definition) is 0. The van der Waals surface area contributed by atoms with Crippen LogP contribution in [0.15, 0.2) is 54.6 Å². The minimum Gasteiger partial charge on any atom is -0.410 e. The van der Waals surface area contributed by atoms with E-state index in [-0.39, 0.29) is 12.1 Å². The lowest BCUT2D eigenvalue weighted by molar-refractivity contribution is 0.147. The maximum atomic E-state index is 12.4. The summed E-state index contributed by atoms with van der Waals surface area (Å²) in [6, 6.07) is 17.6. The quantitative estimate of drug-likeness (QED) is 0.820. The summed E-state index contributed by atoms with van der Waals surface area (Å²) in [5, 5.41) is 0. The molecular formula is C18H19NO2. The molecule has 1 unspecified atom stereocenters. The Kier molecular flexibility index (Phi) is 3.91. The second-order valence-corrected chi connectivity index (χ2v) is 5.39. The topological polar surface area (TPSA) is 29.5 Å². The minimum atomic E-state index is -0.257. The molecule has 1 aliphatic rings. The summed E-state index contributed by atoms with van der Waals surface area (Å²) in [5.74, 6) is 0.595. The van der Waals surface area contributed by atoms with Crippen molar-refractivity contribution in [2.45, 2.75) is 25.8 Å². The van der Waals surface area contributed by atoms with Crippen LogP contribution in [0.3, 0.4) is 0 Å². The molecule has 0 aliphatic carbocycles. The highest BCUT2D eigenvalue weighted by atomic mass is 16.6. The SMILES string of the molecule is Cc1ccccc1C1CCCN1C(=O)Oc1ccccc1. The van der Waals surface area contributed by atoms with E-state index < -0.39 is 0 Å². The first-order chi connectivity index (χ1) is 10.3. The van der Waals surface area contributed by atoms with Crippen LogP contribution < -0.4 is 4.74 Å². The van der Waals surface area contributed by atoms with Gasteiger partial charge in [0.15, 0.2) is 0 Å². The zero-order valence-electron chi connectivity index (χ0n) is 12.2. The molecule has 1 saturated heterocycles. The van der Waals surface area contributed by atoms with Crippen LogP contribution in [0, 0.1) is 6.92 Å². The zero-order chi connectivity index (χ0) is 14.7. The highest BCUT2D eigenvalue weighted by molar-refractivity contribution is 5.71. The highest BCUT2D eigenvalue weighted by Gasteiger charge is 2.32. The van der Waals surface area contributed by atoms with Crippen molar-refractivity contribution in [3.63, 3.8) is 0 Å². The first-order valence-corrected chi connectivity index (χ1v) is 7.35. The largest absolute Gasteiger partial charge is 0.415 e. The number of rotatable bonds is 2. The van der Waals surface area contributed by atoms with Crippen molar-refractivity contribution in [2.24, 2.45) is 0 Å². The monoisotopic (exact) mass is 281 g/mol. The summed E-state index contributed by atoms with van der Waals surface area (Å²) >= 11 is 0. The molecule has 2 aromatic carbocycles. The molecule has 0 radical (unpaired) electrons. The van der Waals surface area contributed by atoms with Gasteiger partial charge in [-0.1, -0.05) is 42.5 Å². The Balaban J connectivity index is 1.78. The summed E-state index contributed by atoms with van der Waals surface area (Å²) in [7, 11) is 0.